The predicted molar refractivity (Wildman–Crippen MR) is 77.5 cm³/mol. The molecule has 0 spiro atoms. The molecule has 1 saturated heterocycles. The van der Waals surface area contributed by atoms with Gasteiger partial charge in [0.2, 0.25) is 5.91 Å². The highest BCUT2D eigenvalue weighted by atomic mass is 16.2. The molecule has 0 radical (unpaired) electrons. The van der Waals surface area contributed by atoms with Crippen molar-refractivity contribution in [3.63, 3.8) is 0 Å². The van der Waals surface area contributed by atoms with Gasteiger partial charge < -0.3 is 10.2 Å². The van der Waals surface area contributed by atoms with E-state index >= 15 is 0 Å². The van der Waals surface area contributed by atoms with E-state index in [9.17, 15) is 4.79 Å². The van der Waals surface area contributed by atoms with Gasteiger partial charge in [0.25, 0.3) is 0 Å². The number of aryl methyl sites for hydroxylation is 2. The average molecular weight is 276 g/mol. The Morgan fingerprint density at radius 3 is 2.80 bits per heavy atom. The maximum Gasteiger partial charge on any atom is 0.244 e. The highest BCUT2D eigenvalue weighted by Gasteiger charge is 2.34. The zero-order valence-electron chi connectivity index (χ0n) is 12.4. The van der Waals surface area contributed by atoms with Gasteiger partial charge in [0.05, 0.1) is 5.69 Å². The van der Waals surface area contributed by atoms with Crippen molar-refractivity contribution in [3.8, 4) is 0 Å². The van der Waals surface area contributed by atoms with Crippen LogP contribution in [0.25, 0.3) is 0 Å². The van der Waals surface area contributed by atoms with Gasteiger partial charge in [-0.15, -0.1) is 0 Å². The first kappa shape index (κ1) is 13.6. The number of nitrogens with zero attached hydrogens (tertiary/aromatic N) is 3. The van der Waals surface area contributed by atoms with Crippen LogP contribution in [0, 0.1) is 13.8 Å². The molecule has 1 aromatic heterocycles. The van der Waals surface area contributed by atoms with Crippen LogP contribution in [0.1, 0.15) is 37.1 Å². The van der Waals surface area contributed by atoms with E-state index < -0.39 is 0 Å². The van der Waals surface area contributed by atoms with Crippen molar-refractivity contribution in [2.24, 2.45) is 0 Å². The predicted octanol–water partition coefficient (Wildman–Crippen LogP) is 1.24. The van der Waals surface area contributed by atoms with Gasteiger partial charge in [-0.05, 0) is 52.1 Å². The van der Waals surface area contributed by atoms with Gasteiger partial charge in [0, 0.05) is 24.3 Å². The van der Waals surface area contributed by atoms with Crippen LogP contribution in [-0.2, 0) is 11.3 Å². The Bertz CT molecular complexity index is 486. The third-order valence-electron chi connectivity index (χ3n) is 4.28. The second-order valence-corrected chi connectivity index (χ2v) is 6.16. The van der Waals surface area contributed by atoms with Crippen LogP contribution in [0.5, 0.6) is 0 Å². The lowest BCUT2D eigenvalue weighted by atomic mass is 10.2. The van der Waals surface area contributed by atoms with E-state index in [1.54, 1.807) is 0 Å². The van der Waals surface area contributed by atoms with Crippen molar-refractivity contribution < 1.29 is 4.79 Å². The molecule has 2 aliphatic rings. The number of nitrogens with one attached hydrogen (secondary N) is 1. The van der Waals surface area contributed by atoms with Crippen LogP contribution in [0.2, 0.25) is 0 Å². The van der Waals surface area contributed by atoms with Crippen molar-refractivity contribution in [2.45, 2.75) is 58.2 Å². The first-order chi connectivity index (χ1) is 9.63. The van der Waals surface area contributed by atoms with Gasteiger partial charge >= 0.3 is 0 Å². The zero-order valence-corrected chi connectivity index (χ0v) is 12.4. The number of rotatable bonds is 5. The lowest BCUT2D eigenvalue weighted by molar-refractivity contribution is -0.133. The maximum absolute atomic E-state index is 12.6. The molecule has 1 aliphatic heterocycles. The molecule has 3 rings (SSSR count). The van der Waals surface area contributed by atoms with Crippen molar-refractivity contribution in [2.75, 3.05) is 13.1 Å². The number of amides is 1. The Hall–Kier alpha value is -1.36. The van der Waals surface area contributed by atoms with Crippen LogP contribution < -0.4 is 5.32 Å². The third-order valence-corrected chi connectivity index (χ3v) is 4.28. The molecular formula is C15H24N4O. The Kier molecular flexibility index (Phi) is 3.78. The molecule has 1 unspecified atom stereocenters. The quantitative estimate of drug-likeness (QED) is 0.880. The topological polar surface area (TPSA) is 50.2 Å². The summed E-state index contributed by atoms with van der Waals surface area (Å²) in [5, 5.41) is 7.89. The van der Waals surface area contributed by atoms with Crippen molar-refractivity contribution >= 4 is 5.91 Å². The minimum atomic E-state index is 0.215. The molecule has 0 aromatic carbocycles. The SMILES string of the molecule is Cc1cc(C)n(CC(=O)N(CC2CCCN2)C2CC2)n1. The highest BCUT2D eigenvalue weighted by Crippen LogP contribution is 2.28. The summed E-state index contributed by atoms with van der Waals surface area (Å²) in [5.41, 5.74) is 2.04. The summed E-state index contributed by atoms with van der Waals surface area (Å²) >= 11 is 0. The second kappa shape index (κ2) is 5.56. The molecule has 1 aliphatic carbocycles. The normalized spacial score (nSPS) is 22.2. The summed E-state index contributed by atoms with van der Waals surface area (Å²) in [4.78, 5) is 14.7. The summed E-state index contributed by atoms with van der Waals surface area (Å²) in [7, 11) is 0. The Morgan fingerprint density at radius 2 is 2.25 bits per heavy atom. The molecule has 110 valence electrons. The molecule has 5 nitrogen and oxygen atoms in total. The Balaban J connectivity index is 1.64. The first-order valence-electron chi connectivity index (χ1n) is 7.67. The molecular weight excluding hydrogens is 252 g/mol. The van der Waals surface area contributed by atoms with Gasteiger partial charge in [-0.2, -0.15) is 5.10 Å². The fourth-order valence-corrected chi connectivity index (χ4v) is 3.04. The van der Waals surface area contributed by atoms with Crippen molar-refractivity contribution in [1.29, 1.82) is 0 Å². The van der Waals surface area contributed by atoms with E-state index in [-0.39, 0.29) is 5.91 Å². The summed E-state index contributed by atoms with van der Waals surface area (Å²) in [5.74, 6) is 0.215. The lowest BCUT2D eigenvalue weighted by Crippen LogP contribution is -2.43. The van der Waals surface area contributed by atoms with Gasteiger partial charge in [0.1, 0.15) is 6.54 Å². The monoisotopic (exact) mass is 276 g/mol. The number of hydrogen-bond donors (Lipinski definition) is 1. The lowest BCUT2D eigenvalue weighted by Gasteiger charge is -2.26. The number of carbonyl (C=O) groups is 1. The number of aromatic nitrogens is 2. The maximum atomic E-state index is 12.6. The van der Waals surface area contributed by atoms with E-state index in [2.05, 4.69) is 15.3 Å². The Morgan fingerprint density at radius 1 is 1.45 bits per heavy atom. The van der Waals surface area contributed by atoms with Gasteiger partial charge in [0.15, 0.2) is 0 Å². The van der Waals surface area contributed by atoms with E-state index in [4.69, 9.17) is 0 Å². The summed E-state index contributed by atoms with van der Waals surface area (Å²) in [6, 6.07) is 2.98. The molecule has 1 amide bonds. The molecule has 1 N–H and O–H groups in total. The van der Waals surface area contributed by atoms with Crippen molar-refractivity contribution in [3.05, 3.63) is 17.5 Å². The average Bonchev–Trinajstić information content (AvgIpc) is 3.01. The van der Waals surface area contributed by atoms with Gasteiger partial charge in [-0.1, -0.05) is 0 Å². The molecule has 1 saturated carbocycles. The molecule has 5 heteroatoms. The highest BCUT2D eigenvalue weighted by molar-refractivity contribution is 5.76. The summed E-state index contributed by atoms with van der Waals surface area (Å²) < 4.78 is 1.83. The number of hydrogen-bond acceptors (Lipinski definition) is 3. The largest absolute Gasteiger partial charge is 0.337 e. The van der Waals surface area contributed by atoms with E-state index in [0.29, 0.717) is 18.6 Å². The molecule has 0 bridgehead atoms. The standard InChI is InChI=1S/C15H24N4O/c1-11-8-12(2)19(17-11)10-15(20)18(14-5-6-14)9-13-4-3-7-16-13/h8,13-14,16H,3-7,9-10H2,1-2H3. The van der Waals surface area contributed by atoms with Crippen LogP contribution in [-0.4, -0.2) is 45.8 Å². The van der Waals surface area contributed by atoms with Crippen LogP contribution in [0.15, 0.2) is 6.07 Å². The summed E-state index contributed by atoms with van der Waals surface area (Å²) in [6.45, 7) is 6.31. The van der Waals surface area contributed by atoms with Crippen LogP contribution in [0.4, 0.5) is 0 Å². The fourth-order valence-electron chi connectivity index (χ4n) is 3.04. The molecule has 2 fully saturated rings. The van der Waals surface area contributed by atoms with E-state index in [0.717, 1.165) is 37.3 Å². The zero-order chi connectivity index (χ0) is 14.1. The van der Waals surface area contributed by atoms with E-state index in [1.165, 1.54) is 12.8 Å². The second-order valence-electron chi connectivity index (χ2n) is 6.16. The van der Waals surface area contributed by atoms with Gasteiger partial charge in [-0.25, -0.2) is 0 Å². The van der Waals surface area contributed by atoms with Crippen LogP contribution in [0.3, 0.4) is 0 Å². The molecule has 1 atom stereocenters. The Labute approximate surface area is 120 Å². The smallest absolute Gasteiger partial charge is 0.244 e. The van der Waals surface area contributed by atoms with Gasteiger partial charge in [-0.3, -0.25) is 9.48 Å². The summed E-state index contributed by atoms with van der Waals surface area (Å²) in [6.07, 6.45) is 4.75. The van der Waals surface area contributed by atoms with Crippen molar-refractivity contribution in [1.82, 2.24) is 20.0 Å². The number of carbonyl (C=O) groups excluding carboxylic acids is 1. The van der Waals surface area contributed by atoms with E-state index in [1.807, 2.05) is 24.6 Å². The fraction of sp³-hybridized carbons (Fsp3) is 0.733. The molecule has 2 heterocycles. The molecule has 1 aromatic rings. The van der Waals surface area contributed by atoms with Crippen LogP contribution >= 0.6 is 0 Å². The third kappa shape index (κ3) is 3.03. The minimum Gasteiger partial charge on any atom is -0.337 e. The minimum absolute atomic E-state index is 0.215. The first-order valence-corrected chi connectivity index (χ1v) is 7.67. The molecule has 20 heavy (non-hydrogen) atoms.